The second-order valence-electron chi connectivity index (χ2n) is 4.83. The van der Waals surface area contributed by atoms with Crippen LogP contribution in [0, 0.1) is 6.92 Å². The Morgan fingerprint density at radius 2 is 2.00 bits per heavy atom. The van der Waals surface area contributed by atoms with Gasteiger partial charge < -0.3 is 10.0 Å². The zero-order chi connectivity index (χ0) is 11.5. The number of nitrogens with zero attached hydrogens (tertiary/aromatic N) is 1. The van der Waals surface area contributed by atoms with Crippen molar-refractivity contribution in [3.63, 3.8) is 0 Å². The van der Waals surface area contributed by atoms with Crippen LogP contribution in [0.25, 0.3) is 0 Å². The van der Waals surface area contributed by atoms with Gasteiger partial charge in [-0.1, -0.05) is 25.0 Å². The van der Waals surface area contributed by atoms with E-state index >= 15 is 0 Å². The molecule has 1 aliphatic rings. The molecule has 88 valence electrons. The van der Waals surface area contributed by atoms with E-state index in [1.807, 2.05) is 6.07 Å². The van der Waals surface area contributed by atoms with Gasteiger partial charge in [0.15, 0.2) is 0 Å². The van der Waals surface area contributed by atoms with Gasteiger partial charge in [0.2, 0.25) is 0 Å². The van der Waals surface area contributed by atoms with Crippen molar-refractivity contribution in [3.05, 3.63) is 29.3 Å². The maximum absolute atomic E-state index is 9.09. The third-order valence-electron chi connectivity index (χ3n) is 3.70. The minimum absolute atomic E-state index is 0.133. The first-order chi connectivity index (χ1) is 7.72. The lowest BCUT2D eigenvalue weighted by atomic mass is 10.1. The van der Waals surface area contributed by atoms with E-state index < -0.39 is 0 Å². The molecule has 2 heteroatoms. The minimum atomic E-state index is 0.133. The van der Waals surface area contributed by atoms with Gasteiger partial charge in [-0.25, -0.2) is 0 Å². The van der Waals surface area contributed by atoms with Crippen LogP contribution in [0.4, 0.5) is 5.69 Å². The van der Waals surface area contributed by atoms with Gasteiger partial charge >= 0.3 is 0 Å². The molecule has 1 fully saturated rings. The van der Waals surface area contributed by atoms with Gasteiger partial charge in [-0.3, -0.25) is 0 Å². The Kier molecular flexibility index (Phi) is 3.49. The van der Waals surface area contributed by atoms with E-state index in [0.29, 0.717) is 6.04 Å². The number of aryl methyl sites for hydroxylation is 1. The Hall–Kier alpha value is -1.02. The normalized spacial score (nSPS) is 16.7. The van der Waals surface area contributed by atoms with E-state index in [-0.39, 0.29) is 6.61 Å². The summed E-state index contributed by atoms with van der Waals surface area (Å²) in [7, 11) is 2.19. The van der Waals surface area contributed by atoms with Crippen molar-refractivity contribution in [1.82, 2.24) is 0 Å². The fourth-order valence-electron chi connectivity index (χ4n) is 2.70. The largest absolute Gasteiger partial charge is 0.392 e. The molecule has 1 aromatic rings. The molecule has 1 saturated carbocycles. The van der Waals surface area contributed by atoms with E-state index in [1.54, 1.807) is 0 Å². The first kappa shape index (κ1) is 11.5. The van der Waals surface area contributed by atoms with Crippen LogP contribution in [-0.2, 0) is 6.61 Å². The van der Waals surface area contributed by atoms with Gasteiger partial charge in [0.25, 0.3) is 0 Å². The summed E-state index contributed by atoms with van der Waals surface area (Å²) in [6, 6.07) is 6.95. The summed E-state index contributed by atoms with van der Waals surface area (Å²) >= 11 is 0. The van der Waals surface area contributed by atoms with Gasteiger partial charge in [0, 0.05) is 18.8 Å². The highest BCUT2D eigenvalue weighted by Gasteiger charge is 2.20. The Morgan fingerprint density at radius 3 is 2.56 bits per heavy atom. The van der Waals surface area contributed by atoms with Crippen LogP contribution in [0.2, 0.25) is 0 Å². The summed E-state index contributed by atoms with van der Waals surface area (Å²) in [5, 5.41) is 9.09. The first-order valence-electron chi connectivity index (χ1n) is 6.15. The Balaban J connectivity index is 2.19. The molecule has 0 spiro atoms. The van der Waals surface area contributed by atoms with Crippen molar-refractivity contribution in [2.24, 2.45) is 0 Å². The maximum atomic E-state index is 9.09. The van der Waals surface area contributed by atoms with Crippen LogP contribution in [0.3, 0.4) is 0 Å². The number of hydrogen-bond acceptors (Lipinski definition) is 2. The van der Waals surface area contributed by atoms with E-state index in [4.69, 9.17) is 5.11 Å². The third-order valence-corrected chi connectivity index (χ3v) is 3.70. The molecule has 0 unspecified atom stereocenters. The molecule has 0 aromatic heterocycles. The molecule has 0 heterocycles. The molecule has 1 aromatic carbocycles. The quantitative estimate of drug-likeness (QED) is 0.845. The number of aliphatic hydroxyl groups is 1. The van der Waals surface area contributed by atoms with Gasteiger partial charge in [-0.15, -0.1) is 0 Å². The number of rotatable bonds is 3. The van der Waals surface area contributed by atoms with Gasteiger partial charge in [0.05, 0.1) is 6.61 Å². The van der Waals surface area contributed by atoms with Crippen LogP contribution in [0.15, 0.2) is 18.2 Å². The summed E-state index contributed by atoms with van der Waals surface area (Å²) in [4.78, 5) is 2.41. The van der Waals surface area contributed by atoms with Crippen LogP contribution >= 0.6 is 0 Å². The summed E-state index contributed by atoms with van der Waals surface area (Å²) in [6.45, 7) is 2.26. The Bertz CT molecular complexity index is 356. The fraction of sp³-hybridized carbons (Fsp3) is 0.571. The van der Waals surface area contributed by atoms with Crippen LogP contribution in [0.5, 0.6) is 0 Å². The van der Waals surface area contributed by atoms with E-state index in [2.05, 4.69) is 31.0 Å². The van der Waals surface area contributed by atoms with Gasteiger partial charge in [-0.05, 0) is 37.0 Å². The summed E-state index contributed by atoms with van der Waals surface area (Å²) in [6.07, 6.45) is 5.36. The fourth-order valence-corrected chi connectivity index (χ4v) is 2.70. The number of hydrogen-bond donors (Lipinski definition) is 1. The van der Waals surface area contributed by atoms with E-state index in [1.165, 1.54) is 36.9 Å². The first-order valence-corrected chi connectivity index (χ1v) is 6.15. The Morgan fingerprint density at radius 1 is 1.31 bits per heavy atom. The number of benzene rings is 1. The molecule has 1 aliphatic carbocycles. The topological polar surface area (TPSA) is 23.5 Å². The molecule has 2 rings (SSSR count). The highest BCUT2D eigenvalue weighted by Crippen LogP contribution is 2.29. The molecule has 0 amide bonds. The van der Waals surface area contributed by atoms with E-state index in [0.717, 1.165) is 5.56 Å². The average molecular weight is 219 g/mol. The highest BCUT2D eigenvalue weighted by atomic mass is 16.3. The molecule has 0 aliphatic heterocycles. The number of anilines is 1. The SMILES string of the molecule is Cc1cc(CO)ccc1N(C)C1CCCC1. The minimum Gasteiger partial charge on any atom is -0.392 e. The second kappa shape index (κ2) is 4.88. The van der Waals surface area contributed by atoms with Crippen molar-refractivity contribution in [3.8, 4) is 0 Å². The molecular weight excluding hydrogens is 198 g/mol. The summed E-state index contributed by atoms with van der Waals surface area (Å²) in [5.41, 5.74) is 3.58. The molecule has 0 saturated heterocycles. The second-order valence-corrected chi connectivity index (χ2v) is 4.83. The van der Waals surface area contributed by atoms with Crippen molar-refractivity contribution in [1.29, 1.82) is 0 Å². The molecule has 0 bridgehead atoms. The molecule has 16 heavy (non-hydrogen) atoms. The zero-order valence-corrected chi connectivity index (χ0v) is 10.2. The van der Waals surface area contributed by atoms with Crippen LogP contribution in [0.1, 0.15) is 36.8 Å². The van der Waals surface area contributed by atoms with Gasteiger partial charge in [-0.2, -0.15) is 0 Å². The highest BCUT2D eigenvalue weighted by molar-refractivity contribution is 5.54. The standard InChI is InChI=1S/C14H21NO/c1-11-9-12(10-16)7-8-14(11)15(2)13-5-3-4-6-13/h7-9,13,16H,3-6,10H2,1-2H3. The summed E-state index contributed by atoms with van der Waals surface area (Å²) < 4.78 is 0. The smallest absolute Gasteiger partial charge is 0.0681 e. The molecule has 0 atom stereocenters. The number of aliphatic hydroxyl groups excluding tert-OH is 1. The maximum Gasteiger partial charge on any atom is 0.0681 e. The third kappa shape index (κ3) is 2.22. The van der Waals surface area contributed by atoms with Crippen molar-refractivity contribution in [2.75, 3.05) is 11.9 Å². The molecule has 2 nitrogen and oxygen atoms in total. The lowest BCUT2D eigenvalue weighted by Crippen LogP contribution is -2.29. The van der Waals surface area contributed by atoms with E-state index in [9.17, 15) is 0 Å². The lowest BCUT2D eigenvalue weighted by molar-refractivity contribution is 0.282. The predicted molar refractivity (Wildman–Crippen MR) is 67.8 cm³/mol. The van der Waals surface area contributed by atoms with Gasteiger partial charge in [0.1, 0.15) is 0 Å². The molecular formula is C14H21NO. The Labute approximate surface area is 97.9 Å². The average Bonchev–Trinajstić information content (AvgIpc) is 2.81. The monoisotopic (exact) mass is 219 g/mol. The van der Waals surface area contributed by atoms with Crippen LogP contribution < -0.4 is 4.90 Å². The lowest BCUT2D eigenvalue weighted by Gasteiger charge is -2.28. The van der Waals surface area contributed by atoms with Crippen molar-refractivity contribution in [2.45, 2.75) is 45.3 Å². The summed E-state index contributed by atoms with van der Waals surface area (Å²) in [5.74, 6) is 0. The molecule has 0 radical (unpaired) electrons. The van der Waals surface area contributed by atoms with Crippen molar-refractivity contribution < 1.29 is 5.11 Å². The van der Waals surface area contributed by atoms with Crippen molar-refractivity contribution >= 4 is 5.69 Å². The molecule has 1 N–H and O–H groups in total. The zero-order valence-electron chi connectivity index (χ0n) is 10.2. The van der Waals surface area contributed by atoms with Crippen LogP contribution in [-0.4, -0.2) is 18.2 Å². The predicted octanol–water partition coefficient (Wildman–Crippen LogP) is 2.87.